The van der Waals surface area contributed by atoms with E-state index in [0.717, 1.165) is 5.56 Å². The Labute approximate surface area is 122 Å². The molecule has 0 spiro atoms. The standard InChI is InChI=1S/C16H13ClOS/c17-14-10-8-13(9-11-14)16(18)7-4-12-19-15-5-2-1-3-6-15/h1-3,5-6,8-11,16,18H,12H2. The molecular formula is C16H13ClOS. The molecule has 0 saturated heterocycles. The lowest BCUT2D eigenvalue weighted by molar-refractivity contribution is 0.238. The van der Waals surface area contributed by atoms with Gasteiger partial charge in [0.25, 0.3) is 0 Å². The van der Waals surface area contributed by atoms with Gasteiger partial charge in [-0.1, -0.05) is 53.8 Å². The Balaban J connectivity index is 1.88. The minimum Gasteiger partial charge on any atom is -0.376 e. The zero-order valence-corrected chi connectivity index (χ0v) is 11.8. The van der Waals surface area contributed by atoms with Crippen LogP contribution in [-0.2, 0) is 0 Å². The van der Waals surface area contributed by atoms with Crippen LogP contribution in [0.3, 0.4) is 0 Å². The van der Waals surface area contributed by atoms with Crippen molar-refractivity contribution in [2.24, 2.45) is 0 Å². The quantitative estimate of drug-likeness (QED) is 0.676. The Bertz CT molecular complexity index is 569. The van der Waals surface area contributed by atoms with Crippen LogP contribution in [0.1, 0.15) is 11.7 Å². The van der Waals surface area contributed by atoms with Crippen molar-refractivity contribution in [3.05, 3.63) is 65.2 Å². The Morgan fingerprint density at radius 2 is 1.74 bits per heavy atom. The van der Waals surface area contributed by atoms with Gasteiger partial charge in [-0.15, -0.1) is 11.8 Å². The van der Waals surface area contributed by atoms with Gasteiger partial charge in [-0.05, 0) is 29.8 Å². The van der Waals surface area contributed by atoms with Crippen LogP contribution in [0.25, 0.3) is 0 Å². The van der Waals surface area contributed by atoms with Gasteiger partial charge in [0, 0.05) is 9.92 Å². The molecule has 1 unspecified atom stereocenters. The molecule has 1 nitrogen and oxygen atoms in total. The number of hydrogen-bond acceptors (Lipinski definition) is 2. The predicted octanol–water partition coefficient (Wildman–Crippen LogP) is 4.17. The minimum atomic E-state index is -0.756. The van der Waals surface area contributed by atoms with Crippen LogP contribution in [0.2, 0.25) is 5.02 Å². The van der Waals surface area contributed by atoms with E-state index in [2.05, 4.69) is 11.8 Å². The summed E-state index contributed by atoms with van der Waals surface area (Å²) in [6, 6.07) is 17.1. The highest BCUT2D eigenvalue weighted by Crippen LogP contribution is 2.17. The molecule has 3 heteroatoms. The van der Waals surface area contributed by atoms with Crippen LogP contribution >= 0.6 is 23.4 Å². The fourth-order valence-corrected chi connectivity index (χ4v) is 2.30. The molecule has 1 N–H and O–H groups in total. The van der Waals surface area contributed by atoms with E-state index >= 15 is 0 Å². The van der Waals surface area contributed by atoms with E-state index in [9.17, 15) is 5.11 Å². The molecule has 19 heavy (non-hydrogen) atoms. The summed E-state index contributed by atoms with van der Waals surface area (Å²) in [7, 11) is 0. The van der Waals surface area contributed by atoms with E-state index in [1.165, 1.54) is 4.90 Å². The highest BCUT2D eigenvalue weighted by molar-refractivity contribution is 7.99. The third-order valence-corrected chi connectivity index (χ3v) is 3.62. The second-order valence-corrected chi connectivity index (χ2v) is 5.36. The number of aliphatic hydroxyl groups is 1. The molecule has 2 rings (SSSR count). The summed E-state index contributed by atoms with van der Waals surface area (Å²) in [4.78, 5) is 1.18. The van der Waals surface area contributed by atoms with Gasteiger partial charge in [0.2, 0.25) is 0 Å². The van der Waals surface area contributed by atoms with Crippen molar-refractivity contribution in [3.63, 3.8) is 0 Å². The van der Waals surface area contributed by atoms with Crippen molar-refractivity contribution in [3.8, 4) is 11.8 Å². The first-order valence-corrected chi connectivity index (χ1v) is 7.22. The Morgan fingerprint density at radius 1 is 1.05 bits per heavy atom. The predicted molar refractivity (Wildman–Crippen MR) is 81.4 cm³/mol. The van der Waals surface area contributed by atoms with Crippen LogP contribution in [0.15, 0.2) is 59.5 Å². The van der Waals surface area contributed by atoms with Crippen molar-refractivity contribution < 1.29 is 5.11 Å². The lowest BCUT2D eigenvalue weighted by Gasteiger charge is -2.03. The molecule has 0 amide bonds. The van der Waals surface area contributed by atoms with Gasteiger partial charge < -0.3 is 5.11 Å². The summed E-state index contributed by atoms with van der Waals surface area (Å²) in [5.41, 5.74) is 0.765. The first kappa shape index (κ1) is 14.0. The van der Waals surface area contributed by atoms with Crippen molar-refractivity contribution in [1.82, 2.24) is 0 Å². The second-order valence-electron chi connectivity index (χ2n) is 3.88. The van der Waals surface area contributed by atoms with Crippen molar-refractivity contribution in [1.29, 1.82) is 0 Å². The summed E-state index contributed by atoms with van der Waals surface area (Å²) < 4.78 is 0. The maximum Gasteiger partial charge on any atom is 0.140 e. The van der Waals surface area contributed by atoms with Crippen LogP contribution < -0.4 is 0 Å². The van der Waals surface area contributed by atoms with Gasteiger partial charge in [-0.2, -0.15) is 0 Å². The summed E-state index contributed by atoms with van der Waals surface area (Å²) in [6.07, 6.45) is -0.756. The molecule has 2 aromatic carbocycles. The van der Waals surface area contributed by atoms with Gasteiger partial charge in [-0.25, -0.2) is 0 Å². The number of thioether (sulfide) groups is 1. The van der Waals surface area contributed by atoms with Gasteiger partial charge in [0.15, 0.2) is 0 Å². The molecule has 0 heterocycles. The third-order valence-electron chi connectivity index (χ3n) is 2.48. The number of hydrogen-bond donors (Lipinski definition) is 1. The van der Waals surface area contributed by atoms with Gasteiger partial charge in [0.05, 0.1) is 5.75 Å². The molecule has 0 radical (unpaired) electrons. The topological polar surface area (TPSA) is 20.2 Å². The fraction of sp³-hybridized carbons (Fsp3) is 0.125. The molecule has 0 saturated carbocycles. The molecule has 0 aromatic heterocycles. The van der Waals surface area contributed by atoms with Crippen LogP contribution in [-0.4, -0.2) is 10.9 Å². The molecule has 96 valence electrons. The molecule has 0 aliphatic carbocycles. The average Bonchev–Trinajstić information content (AvgIpc) is 2.45. The number of halogens is 1. The number of rotatable bonds is 3. The van der Waals surface area contributed by atoms with E-state index in [4.69, 9.17) is 11.6 Å². The second kappa shape index (κ2) is 7.25. The summed E-state index contributed by atoms with van der Waals surface area (Å²) >= 11 is 7.44. The van der Waals surface area contributed by atoms with E-state index < -0.39 is 6.10 Å². The van der Waals surface area contributed by atoms with Gasteiger partial charge in [-0.3, -0.25) is 0 Å². The van der Waals surface area contributed by atoms with E-state index in [-0.39, 0.29) is 0 Å². The zero-order valence-electron chi connectivity index (χ0n) is 10.2. The molecule has 2 aromatic rings. The lowest BCUT2D eigenvalue weighted by Crippen LogP contribution is -1.93. The normalized spacial score (nSPS) is 11.5. The highest BCUT2D eigenvalue weighted by Gasteiger charge is 2.02. The molecule has 0 bridgehead atoms. The highest BCUT2D eigenvalue weighted by atomic mass is 35.5. The van der Waals surface area contributed by atoms with Crippen molar-refractivity contribution in [2.45, 2.75) is 11.0 Å². The van der Waals surface area contributed by atoms with Gasteiger partial charge in [0.1, 0.15) is 6.10 Å². The lowest BCUT2D eigenvalue weighted by atomic mass is 10.1. The van der Waals surface area contributed by atoms with E-state index in [1.807, 2.05) is 30.3 Å². The number of aliphatic hydroxyl groups excluding tert-OH is 1. The summed E-state index contributed by atoms with van der Waals surface area (Å²) in [5, 5.41) is 10.5. The first-order chi connectivity index (χ1) is 9.25. The Kier molecular flexibility index (Phi) is 5.35. The van der Waals surface area contributed by atoms with Crippen LogP contribution in [0, 0.1) is 11.8 Å². The van der Waals surface area contributed by atoms with Crippen molar-refractivity contribution in [2.75, 3.05) is 5.75 Å². The summed E-state index contributed by atoms with van der Waals surface area (Å²) in [6.45, 7) is 0. The molecule has 0 aliphatic heterocycles. The van der Waals surface area contributed by atoms with E-state index in [0.29, 0.717) is 10.8 Å². The fourth-order valence-electron chi connectivity index (χ4n) is 1.50. The molecule has 0 aliphatic rings. The monoisotopic (exact) mass is 288 g/mol. The van der Waals surface area contributed by atoms with E-state index in [1.54, 1.807) is 36.0 Å². The number of benzene rings is 2. The zero-order chi connectivity index (χ0) is 13.5. The van der Waals surface area contributed by atoms with Crippen molar-refractivity contribution >= 4 is 23.4 Å². The van der Waals surface area contributed by atoms with Crippen LogP contribution in [0.4, 0.5) is 0 Å². The average molecular weight is 289 g/mol. The molecule has 1 atom stereocenters. The SMILES string of the molecule is OC(C#CCSc1ccccc1)c1ccc(Cl)cc1. The summed E-state index contributed by atoms with van der Waals surface area (Å²) in [5.74, 6) is 6.47. The third kappa shape index (κ3) is 4.65. The first-order valence-electron chi connectivity index (χ1n) is 5.85. The smallest absolute Gasteiger partial charge is 0.140 e. The molecular weight excluding hydrogens is 276 g/mol. The van der Waals surface area contributed by atoms with Crippen LogP contribution in [0.5, 0.6) is 0 Å². The maximum absolute atomic E-state index is 9.88. The largest absolute Gasteiger partial charge is 0.376 e. The Hall–Kier alpha value is -1.40. The minimum absolute atomic E-state index is 0.656. The molecule has 0 fully saturated rings. The maximum atomic E-state index is 9.88. The van der Waals surface area contributed by atoms with Gasteiger partial charge >= 0.3 is 0 Å². The Morgan fingerprint density at radius 3 is 2.42 bits per heavy atom.